The maximum atomic E-state index is 12.6. The van der Waals surface area contributed by atoms with Gasteiger partial charge in [0.25, 0.3) is 0 Å². The van der Waals surface area contributed by atoms with Crippen molar-refractivity contribution in [3.8, 4) is 0 Å². The zero-order valence-electron chi connectivity index (χ0n) is 17.7. The van der Waals surface area contributed by atoms with Crippen LogP contribution in [-0.2, 0) is 11.2 Å². The molecule has 4 rings (SSSR count). The molecule has 5 nitrogen and oxygen atoms in total. The van der Waals surface area contributed by atoms with E-state index in [0.717, 1.165) is 38.2 Å². The van der Waals surface area contributed by atoms with Crippen molar-refractivity contribution in [2.24, 2.45) is 0 Å². The monoisotopic (exact) mass is 393 g/mol. The third-order valence-electron chi connectivity index (χ3n) is 6.27. The van der Waals surface area contributed by atoms with Crippen molar-refractivity contribution >= 4 is 23.0 Å². The molecular formula is C24H33N4O+. The first kappa shape index (κ1) is 19.8. The highest BCUT2D eigenvalue weighted by Crippen LogP contribution is 2.28. The topological polar surface area (TPSA) is 40.0 Å². The van der Waals surface area contributed by atoms with Gasteiger partial charge in [-0.15, -0.1) is 0 Å². The van der Waals surface area contributed by atoms with Gasteiger partial charge in [0.2, 0.25) is 5.91 Å². The average Bonchev–Trinajstić information content (AvgIpc) is 2.74. The van der Waals surface area contributed by atoms with E-state index in [1.807, 2.05) is 12.1 Å². The van der Waals surface area contributed by atoms with Crippen LogP contribution in [-0.4, -0.2) is 51.7 Å². The number of benzene rings is 2. The standard InChI is InChI=1S/C24H32N4O/c1-3-26-13-15-27(16-14-26)22-9-7-21(8-10-22)25-24(29)18-28-12-4-5-20-17-19(2)6-11-23(20)28/h6-11,17H,3-5,12-16,18H2,1-2H3,(H,25,29)/p+1. The summed E-state index contributed by atoms with van der Waals surface area (Å²) in [4.78, 5) is 19.0. The van der Waals surface area contributed by atoms with Gasteiger partial charge >= 0.3 is 0 Å². The highest BCUT2D eigenvalue weighted by Gasteiger charge is 2.20. The lowest BCUT2D eigenvalue weighted by Crippen LogP contribution is -3.14. The molecular weight excluding hydrogens is 360 g/mol. The number of likely N-dealkylation sites (N-methyl/N-ethyl adjacent to an activating group) is 1. The predicted octanol–water partition coefficient (Wildman–Crippen LogP) is 2.11. The fourth-order valence-electron chi connectivity index (χ4n) is 4.53. The summed E-state index contributed by atoms with van der Waals surface area (Å²) >= 11 is 0. The number of aryl methyl sites for hydroxylation is 2. The highest BCUT2D eigenvalue weighted by atomic mass is 16.2. The minimum Gasteiger partial charge on any atom is -0.362 e. The van der Waals surface area contributed by atoms with Crippen molar-refractivity contribution < 1.29 is 9.69 Å². The summed E-state index contributed by atoms with van der Waals surface area (Å²) in [7, 11) is 0. The van der Waals surface area contributed by atoms with Gasteiger partial charge in [-0.1, -0.05) is 17.7 Å². The molecule has 2 aliphatic heterocycles. The van der Waals surface area contributed by atoms with Crippen LogP contribution < -0.4 is 20.0 Å². The molecule has 0 saturated carbocycles. The average molecular weight is 394 g/mol. The molecule has 0 aliphatic carbocycles. The first-order valence-corrected chi connectivity index (χ1v) is 11.0. The van der Waals surface area contributed by atoms with E-state index in [4.69, 9.17) is 0 Å². The van der Waals surface area contributed by atoms with Gasteiger partial charge in [0.15, 0.2) is 0 Å². The number of amides is 1. The van der Waals surface area contributed by atoms with E-state index in [-0.39, 0.29) is 5.91 Å². The molecule has 29 heavy (non-hydrogen) atoms. The minimum absolute atomic E-state index is 0.0475. The Morgan fingerprint density at radius 3 is 2.55 bits per heavy atom. The first-order valence-electron chi connectivity index (χ1n) is 11.0. The lowest BCUT2D eigenvalue weighted by Gasteiger charge is -2.33. The fourth-order valence-corrected chi connectivity index (χ4v) is 4.53. The van der Waals surface area contributed by atoms with E-state index in [9.17, 15) is 4.79 Å². The Labute approximate surface area is 174 Å². The molecule has 1 fully saturated rings. The molecule has 1 amide bonds. The Kier molecular flexibility index (Phi) is 6.05. The molecule has 0 bridgehead atoms. The number of carbonyl (C=O) groups excluding carboxylic acids is 1. The quantitative estimate of drug-likeness (QED) is 0.817. The Hall–Kier alpha value is -2.53. The molecule has 0 aromatic heterocycles. The van der Waals surface area contributed by atoms with Crippen molar-refractivity contribution in [3.05, 3.63) is 53.6 Å². The van der Waals surface area contributed by atoms with Crippen LogP contribution >= 0.6 is 0 Å². The summed E-state index contributed by atoms with van der Waals surface area (Å²) in [6.07, 6.45) is 2.20. The second-order valence-electron chi connectivity index (χ2n) is 8.34. The number of piperazine rings is 1. The van der Waals surface area contributed by atoms with E-state index in [1.165, 1.54) is 42.1 Å². The van der Waals surface area contributed by atoms with Crippen LogP contribution in [0.5, 0.6) is 0 Å². The molecule has 0 atom stereocenters. The van der Waals surface area contributed by atoms with Crippen molar-refractivity contribution in [1.29, 1.82) is 0 Å². The fraction of sp³-hybridized carbons (Fsp3) is 0.458. The lowest BCUT2D eigenvalue weighted by molar-refractivity contribution is -0.898. The number of rotatable bonds is 5. The van der Waals surface area contributed by atoms with Gasteiger partial charge < -0.3 is 20.0 Å². The SMILES string of the molecule is CC[NH+]1CCN(c2ccc(NC(=O)CN3CCCc4cc(C)ccc43)cc2)CC1. The zero-order valence-corrected chi connectivity index (χ0v) is 17.7. The van der Waals surface area contributed by atoms with Crippen molar-refractivity contribution in [2.45, 2.75) is 26.7 Å². The van der Waals surface area contributed by atoms with Crippen molar-refractivity contribution in [3.63, 3.8) is 0 Å². The van der Waals surface area contributed by atoms with E-state index in [1.54, 1.807) is 4.90 Å². The molecule has 2 heterocycles. The van der Waals surface area contributed by atoms with Crippen molar-refractivity contribution in [2.75, 3.05) is 60.9 Å². The number of carbonyl (C=O) groups is 1. The molecule has 2 aromatic carbocycles. The molecule has 2 aliphatic rings. The largest absolute Gasteiger partial charge is 0.362 e. The molecule has 2 aromatic rings. The summed E-state index contributed by atoms with van der Waals surface area (Å²) in [6.45, 7) is 11.5. The predicted molar refractivity (Wildman–Crippen MR) is 120 cm³/mol. The summed E-state index contributed by atoms with van der Waals surface area (Å²) in [5.41, 5.74) is 5.97. The molecule has 154 valence electrons. The molecule has 1 saturated heterocycles. The highest BCUT2D eigenvalue weighted by molar-refractivity contribution is 5.94. The maximum Gasteiger partial charge on any atom is 0.243 e. The van der Waals surface area contributed by atoms with Crippen LogP contribution in [0.1, 0.15) is 24.5 Å². The van der Waals surface area contributed by atoms with Crippen molar-refractivity contribution in [1.82, 2.24) is 0 Å². The minimum atomic E-state index is 0.0475. The van der Waals surface area contributed by atoms with E-state index in [0.29, 0.717) is 6.54 Å². The van der Waals surface area contributed by atoms with Gasteiger partial charge in [-0.05, 0) is 62.6 Å². The van der Waals surface area contributed by atoms with Gasteiger partial charge in [-0.3, -0.25) is 4.79 Å². The molecule has 2 N–H and O–H groups in total. The summed E-state index contributed by atoms with van der Waals surface area (Å²) in [6, 6.07) is 14.9. The van der Waals surface area contributed by atoms with Gasteiger partial charge in [0.05, 0.1) is 39.3 Å². The summed E-state index contributed by atoms with van der Waals surface area (Å²) < 4.78 is 0. The summed E-state index contributed by atoms with van der Waals surface area (Å²) in [5, 5.41) is 3.07. The molecule has 0 unspecified atom stereocenters. The lowest BCUT2D eigenvalue weighted by atomic mass is 9.99. The smallest absolute Gasteiger partial charge is 0.243 e. The van der Waals surface area contributed by atoms with Crippen LogP contribution in [0.15, 0.2) is 42.5 Å². The Balaban J connectivity index is 1.34. The maximum absolute atomic E-state index is 12.6. The van der Waals surface area contributed by atoms with Crippen LogP contribution in [0.25, 0.3) is 0 Å². The van der Waals surface area contributed by atoms with Crippen LogP contribution in [0.4, 0.5) is 17.1 Å². The van der Waals surface area contributed by atoms with Gasteiger partial charge in [0, 0.05) is 23.6 Å². The van der Waals surface area contributed by atoms with Crippen LogP contribution in [0.2, 0.25) is 0 Å². The number of hydrogen-bond acceptors (Lipinski definition) is 3. The third-order valence-corrected chi connectivity index (χ3v) is 6.27. The zero-order chi connectivity index (χ0) is 20.2. The number of anilines is 3. The van der Waals surface area contributed by atoms with E-state index >= 15 is 0 Å². The van der Waals surface area contributed by atoms with Gasteiger partial charge in [-0.25, -0.2) is 0 Å². The van der Waals surface area contributed by atoms with E-state index < -0.39 is 0 Å². The molecule has 0 radical (unpaired) electrons. The Morgan fingerprint density at radius 2 is 1.83 bits per heavy atom. The number of hydrogen-bond donors (Lipinski definition) is 2. The van der Waals surface area contributed by atoms with Crippen LogP contribution in [0, 0.1) is 6.92 Å². The number of nitrogens with one attached hydrogen (secondary N) is 2. The number of quaternary nitrogens is 1. The van der Waals surface area contributed by atoms with Gasteiger partial charge in [0.1, 0.15) is 0 Å². The Bertz CT molecular complexity index is 840. The third kappa shape index (κ3) is 4.73. The second-order valence-corrected chi connectivity index (χ2v) is 8.34. The molecule has 5 heteroatoms. The summed E-state index contributed by atoms with van der Waals surface area (Å²) in [5.74, 6) is 0.0475. The van der Waals surface area contributed by atoms with Crippen LogP contribution in [0.3, 0.4) is 0 Å². The Morgan fingerprint density at radius 1 is 1.07 bits per heavy atom. The normalized spacial score (nSPS) is 17.2. The molecule has 0 spiro atoms. The first-order chi connectivity index (χ1) is 14.1. The number of fused-ring (bicyclic) bond motifs is 1. The second kappa shape index (κ2) is 8.87. The number of nitrogens with zero attached hydrogens (tertiary/aromatic N) is 2. The van der Waals surface area contributed by atoms with Gasteiger partial charge in [-0.2, -0.15) is 0 Å². The van der Waals surface area contributed by atoms with E-state index in [2.05, 4.69) is 59.3 Å².